The van der Waals surface area contributed by atoms with E-state index in [-0.39, 0.29) is 24.2 Å². The number of halogens is 1. The van der Waals surface area contributed by atoms with Gasteiger partial charge in [-0.1, -0.05) is 31.0 Å². The molecular weight excluding hydrogens is 243 g/mol. The zero-order valence-electron chi connectivity index (χ0n) is 11.1. The highest BCUT2D eigenvalue weighted by Gasteiger charge is 2.25. The van der Waals surface area contributed by atoms with Crippen LogP contribution in [0, 0.1) is 11.7 Å². The maximum Gasteiger partial charge on any atom is 0.224 e. The second-order valence-electron chi connectivity index (χ2n) is 5.22. The first-order valence-electron chi connectivity index (χ1n) is 6.93. The summed E-state index contributed by atoms with van der Waals surface area (Å²) in [6, 6.07) is 6.55. The fourth-order valence-corrected chi connectivity index (χ4v) is 2.75. The number of benzene rings is 1. The lowest BCUT2D eigenvalue weighted by atomic mass is 9.84. The fourth-order valence-electron chi connectivity index (χ4n) is 2.75. The molecule has 1 saturated carbocycles. The molecule has 1 aromatic carbocycles. The number of nitrogens with two attached hydrogens (primary N) is 1. The number of carbonyl (C=O) groups excluding carboxylic acids is 1. The Balaban J connectivity index is 1.92. The Morgan fingerprint density at radius 3 is 2.79 bits per heavy atom. The van der Waals surface area contributed by atoms with Gasteiger partial charge in [0.15, 0.2) is 0 Å². The number of nitrogens with one attached hydrogen (secondary N) is 1. The van der Waals surface area contributed by atoms with Gasteiger partial charge in [-0.15, -0.1) is 0 Å². The molecular formula is C15H21FN2O. The predicted molar refractivity (Wildman–Crippen MR) is 73.0 cm³/mol. The van der Waals surface area contributed by atoms with Gasteiger partial charge in [-0.2, -0.15) is 0 Å². The van der Waals surface area contributed by atoms with Gasteiger partial charge in [0.2, 0.25) is 5.91 Å². The molecule has 2 rings (SSSR count). The lowest BCUT2D eigenvalue weighted by molar-refractivity contribution is -0.121. The van der Waals surface area contributed by atoms with Gasteiger partial charge >= 0.3 is 0 Å². The quantitative estimate of drug-likeness (QED) is 0.874. The second-order valence-corrected chi connectivity index (χ2v) is 5.22. The van der Waals surface area contributed by atoms with Crippen molar-refractivity contribution in [3.63, 3.8) is 0 Å². The van der Waals surface area contributed by atoms with E-state index in [2.05, 4.69) is 5.32 Å². The Morgan fingerprint density at radius 2 is 2.05 bits per heavy atom. The molecule has 104 valence electrons. The van der Waals surface area contributed by atoms with Crippen LogP contribution in [-0.4, -0.2) is 18.5 Å². The van der Waals surface area contributed by atoms with Gasteiger partial charge in [0.1, 0.15) is 5.82 Å². The number of hydrogen-bond donors (Lipinski definition) is 2. The monoisotopic (exact) mass is 264 g/mol. The fraction of sp³-hybridized carbons (Fsp3) is 0.533. The van der Waals surface area contributed by atoms with E-state index >= 15 is 0 Å². The van der Waals surface area contributed by atoms with Crippen molar-refractivity contribution >= 4 is 5.91 Å². The van der Waals surface area contributed by atoms with E-state index in [1.807, 2.05) is 0 Å². The molecule has 0 aliphatic heterocycles. The highest BCUT2D eigenvalue weighted by Crippen LogP contribution is 2.23. The number of carbonyl (C=O) groups is 1. The Labute approximate surface area is 113 Å². The normalized spacial score (nSPS) is 23.1. The van der Waals surface area contributed by atoms with Gasteiger partial charge < -0.3 is 11.1 Å². The molecule has 0 spiro atoms. The molecule has 3 nitrogen and oxygen atoms in total. The standard InChI is InChI=1S/C15H21FN2O/c16-13-7-3-1-5-11(13)9-15(19)18-14-8-4-2-6-12(14)10-17/h1,3,5,7,12,14H,2,4,6,8-10,17H2,(H,18,19). The third-order valence-electron chi connectivity index (χ3n) is 3.87. The van der Waals surface area contributed by atoms with Crippen LogP contribution in [-0.2, 0) is 11.2 Å². The first-order valence-corrected chi connectivity index (χ1v) is 6.93. The number of amides is 1. The molecule has 1 aliphatic rings. The zero-order chi connectivity index (χ0) is 13.7. The maximum atomic E-state index is 13.5. The van der Waals surface area contributed by atoms with Crippen LogP contribution in [0.15, 0.2) is 24.3 Å². The van der Waals surface area contributed by atoms with Crippen LogP contribution in [0.3, 0.4) is 0 Å². The van der Waals surface area contributed by atoms with Gasteiger partial charge in [0, 0.05) is 6.04 Å². The van der Waals surface area contributed by atoms with E-state index in [9.17, 15) is 9.18 Å². The summed E-state index contributed by atoms with van der Waals surface area (Å²) in [7, 11) is 0. The molecule has 0 saturated heterocycles. The van der Waals surface area contributed by atoms with Gasteiger partial charge in [-0.05, 0) is 36.9 Å². The minimum absolute atomic E-state index is 0.0977. The van der Waals surface area contributed by atoms with Gasteiger partial charge in [-0.3, -0.25) is 4.79 Å². The van der Waals surface area contributed by atoms with Crippen LogP contribution in [0.1, 0.15) is 31.2 Å². The lowest BCUT2D eigenvalue weighted by Gasteiger charge is -2.31. The molecule has 2 atom stereocenters. The summed E-state index contributed by atoms with van der Waals surface area (Å²) in [6.45, 7) is 0.602. The molecule has 1 amide bonds. The average Bonchev–Trinajstić information content (AvgIpc) is 2.42. The lowest BCUT2D eigenvalue weighted by Crippen LogP contribution is -2.45. The van der Waals surface area contributed by atoms with E-state index in [0.717, 1.165) is 19.3 Å². The Kier molecular flexibility index (Phi) is 4.91. The predicted octanol–water partition coefficient (Wildman–Crippen LogP) is 2.00. The van der Waals surface area contributed by atoms with E-state index < -0.39 is 0 Å². The number of rotatable bonds is 4. The molecule has 19 heavy (non-hydrogen) atoms. The molecule has 0 heterocycles. The van der Waals surface area contributed by atoms with E-state index in [0.29, 0.717) is 18.0 Å². The summed E-state index contributed by atoms with van der Waals surface area (Å²) in [5.74, 6) is -0.0783. The highest BCUT2D eigenvalue weighted by atomic mass is 19.1. The summed E-state index contributed by atoms with van der Waals surface area (Å²) in [4.78, 5) is 12.0. The molecule has 0 aromatic heterocycles. The Bertz CT molecular complexity index is 436. The smallest absolute Gasteiger partial charge is 0.224 e. The summed E-state index contributed by atoms with van der Waals surface area (Å²) < 4.78 is 13.5. The van der Waals surface area contributed by atoms with Crippen molar-refractivity contribution in [3.05, 3.63) is 35.6 Å². The minimum atomic E-state index is -0.323. The van der Waals surface area contributed by atoms with Crippen molar-refractivity contribution in [1.29, 1.82) is 0 Å². The molecule has 1 aromatic rings. The van der Waals surface area contributed by atoms with Gasteiger partial charge in [0.05, 0.1) is 6.42 Å². The van der Waals surface area contributed by atoms with Crippen molar-refractivity contribution in [2.45, 2.75) is 38.1 Å². The molecule has 4 heteroatoms. The molecule has 2 unspecified atom stereocenters. The molecule has 0 radical (unpaired) electrons. The highest BCUT2D eigenvalue weighted by molar-refractivity contribution is 5.78. The molecule has 1 fully saturated rings. The molecule has 3 N–H and O–H groups in total. The van der Waals surface area contributed by atoms with Crippen molar-refractivity contribution in [2.75, 3.05) is 6.54 Å². The number of hydrogen-bond acceptors (Lipinski definition) is 2. The average molecular weight is 264 g/mol. The van der Waals surface area contributed by atoms with Crippen molar-refractivity contribution in [3.8, 4) is 0 Å². The molecule has 1 aliphatic carbocycles. The van der Waals surface area contributed by atoms with Gasteiger partial charge in [0.25, 0.3) is 0 Å². The van der Waals surface area contributed by atoms with E-state index in [1.165, 1.54) is 12.5 Å². The van der Waals surface area contributed by atoms with Crippen molar-refractivity contribution in [2.24, 2.45) is 11.7 Å². The van der Waals surface area contributed by atoms with Crippen LogP contribution in [0.5, 0.6) is 0 Å². The molecule has 0 bridgehead atoms. The van der Waals surface area contributed by atoms with Crippen molar-refractivity contribution in [1.82, 2.24) is 5.32 Å². The maximum absolute atomic E-state index is 13.5. The van der Waals surface area contributed by atoms with Crippen LogP contribution in [0.4, 0.5) is 4.39 Å². The van der Waals surface area contributed by atoms with Gasteiger partial charge in [-0.25, -0.2) is 4.39 Å². The zero-order valence-corrected chi connectivity index (χ0v) is 11.1. The largest absolute Gasteiger partial charge is 0.353 e. The van der Waals surface area contributed by atoms with Crippen molar-refractivity contribution < 1.29 is 9.18 Å². The minimum Gasteiger partial charge on any atom is -0.353 e. The first kappa shape index (κ1) is 14.0. The Morgan fingerprint density at radius 1 is 1.32 bits per heavy atom. The van der Waals surface area contributed by atoms with Crippen LogP contribution >= 0.6 is 0 Å². The Hall–Kier alpha value is -1.42. The topological polar surface area (TPSA) is 55.1 Å². The van der Waals surface area contributed by atoms with E-state index in [4.69, 9.17) is 5.73 Å². The van der Waals surface area contributed by atoms with E-state index in [1.54, 1.807) is 18.2 Å². The summed E-state index contributed by atoms with van der Waals surface area (Å²) in [5, 5.41) is 3.01. The SMILES string of the molecule is NCC1CCCCC1NC(=O)Cc1ccccc1F. The summed E-state index contributed by atoms with van der Waals surface area (Å²) in [6.07, 6.45) is 4.45. The second kappa shape index (κ2) is 6.66. The third-order valence-corrected chi connectivity index (χ3v) is 3.87. The third kappa shape index (κ3) is 3.77. The summed E-state index contributed by atoms with van der Waals surface area (Å²) in [5.41, 5.74) is 6.18. The summed E-state index contributed by atoms with van der Waals surface area (Å²) >= 11 is 0. The van der Waals surface area contributed by atoms with Crippen LogP contribution < -0.4 is 11.1 Å². The first-order chi connectivity index (χ1) is 9.20. The van der Waals surface area contributed by atoms with Crippen LogP contribution in [0.2, 0.25) is 0 Å². The van der Waals surface area contributed by atoms with Crippen LogP contribution in [0.25, 0.3) is 0 Å².